The topological polar surface area (TPSA) is 73.0 Å². The second-order valence-electron chi connectivity index (χ2n) is 8.09. The predicted molar refractivity (Wildman–Crippen MR) is 129 cm³/mol. The molecular weight excluding hydrogens is 448 g/mol. The van der Waals surface area contributed by atoms with Gasteiger partial charge in [-0.25, -0.2) is 8.42 Å². The Morgan fingerprint density at radius 1 is 1.06 bits per heavy atom. The SMILES string of the molecule is CN1CCN(CCCCNC(=O)c2cccc(S(=O)(=O)N(C)c3cccc(Cl)c3)c2)CC1. The van der Waals surface area contributed by atoms with E-state index in [0.29, 0.717) is 22.8 Å². The molecule has 7 nitrogen and oxygen atoms in total. The van der Waals surface area contributed by atoms with Crippen molar-refractivity contribution in [1.29, 1.82) is 0 Å². The first kappa shape index (κ1) is 24.5. The Bertz CT molecular complexity index is 1020. The van der Waals surface area contributed by atoms with Gasteiger partial charge in [-0.3, -0.25) is 9.10 Å². The number of halogens is 1. The molecule has 0 bridgehead atoms. The van der Waals surface area contributed by atoms with Crippen LogP contribution in [0.25, 0.3) is 0 Å². The number of nitrogens with zero attached hydrogens (tertiary/aromatic N) is 3. The normalized spacial score (nSPS) is 15.5. The molecule has 0 aliphatic carbocycles. The summed E-state index contributed by atoms with van der Waals surface area (Å²) in [6, 6.07) is 12.7. The van der Waals surface area contributed by atoms with Crippen molar-refractivity contribution >= 4 is 33.2 Å². The van der Waals surface area contributed by atoms with Crippen LogP contribution in [0.4, 0.5) is 5.69 Å². The number of carbonyl (C=O) groups excluding carboxylic acids is 1. The monoisotopic (exact) mass is 478 g/mol. The third-order valence-corrected chi connectivity index (χ3v) is 7.73. The average Bonchev–Trinajstić information content (AvgIpc) is 2.79. The maximum Gasteiger partial charge on any atom is 0.264 e. The average molecular weight is 479 g/mol. The molecule has 3 rings (SSSR count). The van der Waals surface area contributed by atoms with E-state index in [4.69, 9.17) is 11.6 Å². The van der Waals surface area contributed by atoms with Crippen LogP contribution in [0.15, 0.2) is 53.4 Å². The van der Waals surface area contributed by atoms with Gasteiger partial charge in [0.15, 0.2) is 0 Å². The highest BCUT2D eigenvalue weighted by atomic mass is 35.5. The lowest BCUT2D eigenvalue weighted by Gasteiger charge is -2.32. The maximum atomic E-state index is 13.0. The summed E-state index contributed by atoms with van der Waals surface area (Å²) in [7, 11) is -0.217. The van der Waals surface area contributed by atoms with Crippen LogP contribution in [-0.2, 0) is 10.0 Å². The van der Waals surface area contributed by atoms with Crippen LogP contribution in [0.1, 0.15) is 23.2 Å². The summed E-state index contributed by atoms with van der Waals surface area (Å²) < 4.78 is 27.2. The van der Waals surface area contributed by atoms with Crippen molar-refractivity contribution < 1.29 is 13.2 Å². The Morgan fingerprint density at radius 3 is 2.50 bits per heavy atom. The van der Waals surface area contributed by atoms with E-state index in [-0.39, 0.29) is 10.8 Å². The van der Waals surface area contributed by atoms with E-state index in [0.717, 1.165) is 49.9 Å². The van der Waals surface area contributed by atoms with Gasteiger partial charge in [0.25, 0.3) is 15.9 Å². The Morgan fingerprint density at radius 2 is 1.78 bits per heavy atom. The number of hydrogen-bond acceptors (Lipinski definition) is 5. The van der Waals surface area contributed by atoms with Crippen molar-refractivity contribution in [2.45, 2.75) is 17.7 Å². The van der Waals surface area contributed by atoms with E-state index in [9.17, 15) is 13.2 Å². The van der Waals surface area contributed by atoms with E-state index >= 15 is 0 Å². The van der Waals surface area contributed by atoms with Crippen molar-refractivity contribution in [3.8, 4) is 0 Å². The molecule has 0 aromatic heterocycles. The number of rotatable bonds is 9. The highest BCUT2D eigenvalue weighted by Gasteiger charge is 2.22. The molecule has 32 heavy (non-hydrogen) atoms. The van der Waals surface area contributed by atoms with Gasteiger partial charge in [-0.1, -0.05) is 23.7 Å². The van der Waals surface area contributed by atoms with Crippen molar-refractivity contribution in [3.05, 3.63) is 59.1 Å². The summed E-state index contributed by atoms with van der Waals surface area (Å²) in [5.74, 6) is -0.271. The minimum atomic E-state index is -3.82. The summed E-state index contributed by atoms with van der Waals surface area (Å²) in [5.41, 5.74) is 0.775. The zero-order chi connectivity index (χ0) is 23.1. The predicted octanol–water partition coefficient (Wildman–Crippen LogP) is 2.92. The van der Waals surface area contributed by atoms with Crippen LogP contribution in [0.5, 0.6) is 0 Å². The van der Waals surface area contributed by atoms with E-state index in [2.05, 4.69) is 22.2 Å². The molecule has 2 aromatic rings. The standard InChI is InChI=1S/C23H31ClN4O3S/c1-26-13-15-28(16-14-26)12-4-3-11-25-23(29)19-7-5-10-22(17-19)32(30,31)27(2)21-9-6-8-20(24)18-21/h5-10,17-18H,3-4,11-16H2,1-2H3,(H,25,29). The van der Waals surface area contributed by atoms with Crippen molar-refractivity contribution in [1.82, 2.24) is 15.1 Å². The van der Waals surface area contributed by atoms with Gasteiger partial charge in [0.1, 0.15) is 0 Å². The maximum absolute atomic E-state index is 13.0. The van der Waals surface area contributed by atoms with Gasteiger partial charge in [-0.05, 0) is 62.8 Å². The lowest BCUT2D eigenvalue weighted by Crippen LogP contribution is -2.44. The molecule has 1 heterocycles. The number of hydrogen-bond donors (Lipinski definition) is 1. The summed E-state index contributed by atoms with van der Waals surface area (Å²) in [6.45, 7) is 5.98. The molecule has 1 fully saturated rings. The van der Waals surface area contributed by atoms with E-state index in [1.165, 1.54) is 19.2 Å². The third-order valence-electron chi connectivity index (χ3n) is 5.71. The highest BCUT2D eigenvalue weighted by molar-refractivity contribution is 7.92. The van der Waals surface area contributed by atoms with E-state index in [1.54, 1.807) is 36.4 Å². The first-order valence-corrected chi connectivity index (χ1v) is 12.6. The third kappa shape index (κ3) is 6.45. The van der Waals surface area contributed by atoms with Gasteiger partial charge in [0, 0.05) is 50.4 Å². The Balaban J connectivity index is 1.53. The fraction of sp³-hybridized carbons (Fsp3) is 0.435. The lowest BCUT2D eigenvalue weighted by molar-refractivity contribution is 0.0951. The number of likely N-dealkylation sites (N-methyl/N-ethyl adjacent to an activating group) is 1. The molecular formula is C23H31ClN4O3S. The number of unbranched alkanes of at least 4 members (excludes halogenated alkanes) is 1. The largest absolute Gasteiger partial charge is 0.352 e. The van der Waals surface area contributed by atoms with Gasteiger partial charge in [-0.15, -0.1) is 0 Å². The van der Waals surface area contributed by atoms with Crippen LogP contribution < -0.4 is 9.62 Å². The number of carbonyl (C=O) groups is 1. The minimum Gasteiger partial charge on any atom is -0.352 e. The molecule has 0 saturated carbocycles. The van der Waals surface area contributed by atoms with E-state index in [1.807, 2.05) is 0 Å². The van der Waals surface area contributed by atoms with Crippen molar-refractivity contribution in [2.24, 2.45) is 0 Å². The van der Waals surface area contributed by atoms with Crippen LogP contribution in [0, 0.1) is 0 Å². The van der Waals surface area contributed by atoms with Crippen LogP contribution in [0.2, 0.25) is 5.02 Å². The van der Waals surface area contributed by atoms with Gasteiger partial charge >= 0.3 is 0 Å². The first-order chi connectivity index (χ1) is 15.3. The number of amides is 1. The second-order valence-corrected chi connectivity index (χ2v) is 10.5. The van der Waals surface area contributed by atoms with Gasteiger partial charge in [0.05, 0.1) is 10.6 Å². The fourth-order valence-corrected chi connectivity index (χ4v) is 5.02. The second kappa shape index (κ2) is 11.1. The Labute approximate surface area is 196 Å². The highest BCUT2D eigenvalue weighted by Crippen LogP contribution is 2.25. The van der Waals surface area contributed by atoms with Crippen LogP contribution in [0.3, 0.4) is 0 Å². The first-order valence-electron chi connectivity index (χ1n) is 10.8. The summed E-state index contributed by atoms with van der Waals surface area (Å²) in [4.78, 5) is 17.4. The molecule has 1 saturated heterocycles. The van der Waals surface area contributed by atoms with Crippen molar-refractivity contribution in [2.75, 3.05) is 57.7 Å². The fourth-order valence-electron chi connectivity index (χ4n) is 3.60. The molecule has 0 radical (unpaired) electrons. The number of anilines is 1. The molecule has 174 valence electrons. The number of nitrogens with one attached hydrogen (secondary N) is 1. The van der Waals surface area contributed by atoms with Crippen molar-refractivity contribution in [3.63, 3.8) is 0 Å². The number of piperazine rings is 1. The summed E-state index contributed by atoms with van der Waals surface area (Å²) in [5, 5.41) is 3.35. The molecule has 2 aromatic carbocycles. The number of sulfonamides is 1. The molecule has 0 atom stereocenters. The number of benzene rings is 2. The van der Waals surface area contributed by atoms with Gasteiger partial charge < -0.3 is 15.1 Å². The molecule has 1 N–H and O–H groups in total. The van der Waals surface area contributed by atoms with E-state index < -0.39 is 10.0 Å². The molecule has 1 aliphatic rings. The molecule has 0 spiro atoms. The zero-order valence-electron chi connectivity index (χ0n) is 18.6. The van der Waals surface area contributed by atoms with Crippen LogP contribution in [-0.4, -0.2) is 77.5 Å². The summed E-state index contributed by atoms with van der Waals surface area (Å²) >= 11 is 5.99. The summed E-state index contributed by atoms with van der Waals surface area (Å²) in [6.07, 6.45) is 1.90. The molecule has 1 aliphatic heterocycles. The smallest absolute Gasteiger partial charge is 0.264 e. The molecule has 9 heteroatoms. The molecule has 0 unspecified atom stereocenters. The quantitative estimate of drug-likeness (QED) is 0.561. The Kier molecular flexibility index (Phi) is 8.53. The van der Waals surface area contributed by atoms with Gasteiger partial charge in [-0.2, -0.15) is 0 Å². The van der Waals surface area contributed by atoms with Gasteiger partial charge in [0.2, 0.25) is 0 Å². The van der Waals surface area contributed by atoms with Crippen LogP contribution >= 0.6 is 11.6 Å². The minimum absolute atomic E-state index is 0.0580. The Hall–Kier alpha value is -2.13. The molecule has 1 amide bonds. The zero-order valence-corrected chi connectivity index (χ0v) is 20.2. The lowest BCUT2D eigenvalue weighted by atomic mass is 10.2.